The monoisotopic (exact) mass is 218 g/mol. The topological polar surface area (TPSA) is 0 Å². The molecule has 0 fully saturated rings. The lowest BCUT2D eigenvalue weighted by atomic mass is 10.0. The van der Waals surface area contributed by atoms with Crippen LogP contribution in [0.25, 0.3) is 0 Å². The van der Waals surface area contributed by atoms with Crippen molar-refractivity contribution in [1.82, 2.24) is 0 Å². The minimum atomic E-state index is -0.912. The Hall–Kier alpha value is -0.823. The summed E-state index contributed by atoms with van der Waals surface area (Å²) in [6, 6.07) is 12.0. The molecule has 0 saturated carbocycles. The Morgan fingerprint density at radius 3 is 2.27 bits per heavy atom. The smallest absolute Gasteiger partial charge is 0.0480 e. The Morgan fingerprint density at radius 2 is 1.73 bits per heavy atom. The van der Waals surface area contributed by atoms with Crippen molar-refractivity contribution in [3.8, 4) is 0 Å². The SMILES string of the molecule is CC(/C=C/C[Si](C)(C)C)c1ccccc1. The molecule has 1 aromatic rings. The average Bonchev–Trinajstić information content (AvgIpc) is 2.17. The quantitative estimate of drug-likeness (QED) is 0.508. The maximum Gasteiger partial charge on any atom is 0.0480 e. The Morgan fingerprint density at radius 1 is 1.13 bits per heavy atom. The summed E-state index contributed by atoms with van der Waals surface area (Å²) in [5.74, 6) is 0.544. The number of rotatable bonds is 4. The third kappa shape index (κ3) is 4.98. The predicted octanol–water partition coefficient (Wildman–Crippen LogP) is 4.68. The highest BCUT2D eigenvalue weighted by Crippen LogP contribution is 2.17. The average molecular weight is 218 g/mol. The maximum absolute atomic E-state index is 2.41. The van der Waals surface area contributed by atoms with Gasteiger partial charge in [-0.25, -0.2) is 0 Å². The van der Waals surface area contributed by atoms with Gasteiger partial charge in [-0.05, 0) is 17.5 Å². The maximum atomic E-state index is 2.41. The zero-order valence-corrected chi connectivity index (χ0v) is 11.3. The third-order valence-electron chi connectivity index (χ3n) is 2.48. The van der Waals surface area contributed by atoms with E-state index in [1.807, 2.05) is 0 Å². The molecule has 0 aliphatic rings. The minimum absolute atomic E-state index is 0.544. The lowest BCUT2D eigenvalue weighted by Gasteiger charge is -2.12. The fourth-order valence-electron chi connectivity index (χ4n) is 1.49. The van der Waals surface area contributed by atoms with Crippen molar-refractivity contribution in [3.05, 3.63) is 48.0 Å². The highest BCUT2D eigenvalue weighted by Gasteiger charge is 2.09. The molecule has 1 aromatic carbocycles. The van der Waals surface area contributed by atoms with Crippen LogP contribution in [0.15, 0.2) is 42.5 Å². The van der Waals surface area contributed by atoms with Crippen LogP contribution in [0.1, 0.15) is 18.4 Å². The summed E-state index contributed by atoms with van der Waals surface area (Å²) < 4.78 is 0. The van der Waals surface area contributed by atoms with Gasteiger partial charge in [0.1, 0.15) is 0 Å². The van der Waals surface area contributed by atoms with Crippen LogP contribution in [-0.2, 0) is 0 Å². The number of hydrogen-bond donors (Lipinski definition) is 0. The van der Waals surface area contributed by atoms with Gasteiger partial charge in [0.25, 0.3) is 0 Å². The fraction of sp³-hybridized carbons (Fsp3) is 0.429. The van der Waals surface area contributed by atoms with E-state index in [2.05, 4.69) is 69.0 Å². The van der Waals surface area contributed by atoms with E-state index >= 15 is 0 Å². The molecule has 0 aliphatic carbocycles. The molecule has 0 aromatic heterocycles. The molecule has 0 spiro atoms. The number of hydrogen-bond acceptors (Lipinski definition) is 0. The van der Waals surface area contributed by atoms with E-state index in [1.165, 1.54) is 11.6 Å². The van der Waals surface area contributed by atoms with Crippen molar-refractivity contribution in [2.24, 2.45) is 0 Å². The van der Waals surface area contributed by atoms with Gasteiger partial charge in [-0.1, -0.05) is 69.0 Å². The summed E-state index contributed by atoms with van der Waals surface area (Å²) in [6.45, 7) is 9.48. The van der Waals surface area contributed by atoms with Crippen molar-refractivity contribution in [2.45, 2.75) is 38.5 Å². The molecule has 0 radical (unpaired) electrons. The van der Waals surface area contributed by atoms with Gasteiger partial charge in [-0.15, -0.1) is 0 Å². The van der Waals surface area contributed by atoms with E-state index < -0.39 is 8.07 Å². The minimum Gasteiger partial charge on any atom is -0.0906 e. The molecular formula is C14H22Si. The lowest BCUT2D eigenvalue weighted by Crippen LogP contribution is -2.17. The van der Waals surface area contributed by atoms with Crippen LogP contribution in [0.4, 0.5) is 0 Å². The first kappa shape index (κ1) is 12.2. The van der Waals surface area contributed by atoms with Gasteiger partial charge in [0.15, 0.2) is 0 Å². The van der Waals surface area contributed by atoms with Crippen LogP contribution in [0, 0.1) is 0 Å². The van der Waals surface area contributed by atoms with Gasteiger partial charge in [0, 0.05) is 8.07 Å². The summed E-state index contributed by atoms with van der Waals surface area (Å²) in [6.07, 6.45) is 4.71. The standard InChI is InChI=1S/C14H22Si/c1-13(9-8-12-15(2,3)4)14-10-6-5-7-11-14/h5-11,13H,12H2,1-4H3/b9-8+. The van der Waals surface area contributed by atoms with Crippen LogP contribution in [0.5, 0.6) is 0 Å². The van der Waals surface area contributed by atoms with Crippen molar-refractivity contribution in [2.75, 3.05) is 0 Å². The predicted molar refractivity (Wildman–Crippen MR) is 72.2 cm³/mol. The molecule has 0 amide bonds. The zero-order valence-electron chi connectivity index (χ0n) is 10.3. The second kappa shape index (κ2) is 5.31. The lowest BCUT2D eigenvalue weighted by molar-refractivity contribution is 0.964. The molecule has 1 rings (SSSR count). The van der Waals surface area contributed by atoms with Crippen molar-refractivity contribution < 1.29 is 0 Å². The van der Waals surface area contributed by atoms with E-state index in [0.717, 1.165) is 0 Å². The largest absolute Gasteiger partial charge is 0.0906 e. The molecule has 1 atom stereocenters. The zero-order chi connectivity index (χ0) is 11.3. The molecule has 0 bridgehead atoms. The Kier molecular flexibility index (Phi) is 4.34. The molecule has 0 N–H and O–H groups in total. The number of benzene rings is 1. The van der Waals surface area contributed by atoms with Crippen LogP contribution in [0.3, 0.4) is 0 Å². The third-order valence-corrected chi connectivity index (χ3v) is 3.94. The normalized spacial score (nSPS) is 14.4. The molecule has 0 nitrogen and oxygen atoms in total. The molecule has 15 heavy (non-hydrogen) atoms. The molecule has 1 unspecified atom stereocenters. The van der Waals surface area contributed by atoms with E-state index in [1.54, 1.807) is 0 Å². The summed E-state index contributed by atoms with van der Waals surface area (Å²) in [4.78, 5) is 0. The number of allylic oxidation sites excluding steroid dienone is 2. The van der Waals surface area contributed by atoms with Crippen molar-refractivity contribution >= 4 is 8.07 Å². The highest BCUT2D eigenvalue weighted by atomic mass is 28.3. The van der Waals surface area contributed by atoms with Crippen LogP contribution >= 0.6 is 0 Å². The highest BCUT2D eigenvalue weighted by molar-refractivity contribution is 6.76. The van der Waals surface area contributed by atoms with Gasteiger partial charge < -0.3 is 0 Å². The Bertz CT molecular complexity index is 306. The summed E-state index contributed by atoms with van der Waals surface area (Å²) >= 11 is 0. The second-order valence-corrected chi connectivity index (χ2v) is 10.9. The van der Waals surface area contributed by atoms with E-state index in [-0.39, 0.29) is 0 Å². The van der Waals surface area contributed by atoms with E-state index in [0.29, 0.717) is 5.92 Å². The van der Waals surface area contributed by atoms with Gasteiger partial charge in [0.05, 0.1) is 0 Å². The van der Waals surface area contributed by atoms with Crippen LogP contribution in [-0.4, -0.2) is 8.07 Å². The first-order valence-corrected chi connectivity index (χ1v) is 9.41. The Labute approximate surface area is 95.0 Å². The van der Waals surface area contributed by atoms with E-state index in [4.69, 9.17) is 0 Å². The second-order valence-electron chi connectivity index (χ2n) is 5.39. The van der Waals surface area contributed by atoms with Crippen molar-refractivity contribution in [1.29, 1.82) is 0 Å². The molecule has 1 heteroatoms. The van der Waals surface area contributed by atoms with Gasteiger partial charge >= 0.3 is 0 Å². The Balaban J connectivity index is 2.53. The van der Waals surface area contributed by atoms with Crippen LogP contribution < -0.4 is 0 Å². The molecule has 0 aliphatic heterocycles. The summed E-state index contributed by atoms with van der Waals surface area (Å²) in [7, 11) is -0.912. The van der Waals surface area contributed by atoms with Gasteiger partial charge in [-0.3, -0.25) is 0 Å². The fourth-order valence-corrected chi connectivity index (χ4v) is 2.34. The van der Waals surface area contributed by atoms with E-state index in [9.17, 15) is 0 Å². The first-order valence-electron chi connectivity index (χ1n) is 5.71. The first-order chi connectivity index (χ1) is 6.99. The molecule has 0 heterocycles. The van der Waals surface area contributed by atoms with Gasteiger partial charge in [-0.2, -0.15) is 0 Å². The molecular weight excluding hydrogens is 196 g/mol. The van der Waals surface area contributed by atoms with Crippen molar-refractivity contribution in [3.63, 3.8) is 0 Å². The molecule has 82 valence electrons. The van der Waals surface area contributed by atoms with Gasteiger partial charge in [0.2, 0.25) is 0 Å². The summed E-state index contributed by atoms with van der Waals surface area (Å²) in [5.41, 5.74) is 1.41. The summed E-state index contributed by atoms with van der Waals surface area (Å²) in [5, 5.41) is 0. The van der Waals surface area contributed by atoms with Crippen LogP contribution in [0.2, 0.25) is 25.7 Å². The molecule has 0 saturated heterocycles.